The number of carbonyl (C=O) groups is 1. The first-order chi connectivity index (χ1) is 12.8. The van der Waals surface area contributed by atoms with Gasteiger partial charge in [-0.15, -0.1) is 0 Å². The molecule has 0 radical (unpaired) electrons. The Bertz CT molecular complexity index is 817. The normalized spacial score (nSPS) is 15.0. The number of amides is 1. The molecule has 4 nitrogen and oxygen atoms in total. The molecule has 1 aliphatic rings. The molecule has 27 heavy (non-hydrogen) atoms. The molecule has 8 heteroatoms. The van der Waals surface area contributed by atoms with E-state index in [1.165, 1.54) is 12.1 Å². The standard InChI is InChI=1S/C19H18ClF3N2O2/c1-27-17-7-6-15(12-16(17)20)24-8-10-25(11-9-24)18(26)13-2-4-14(5-3-13)19(21,22)23/h2-7,12H,8-11H2,1H3. The van der Waals surface area contributed by atoms with E-state index in [0.29, 0.717) is 37.0 Å². The van der Waals surface area contributed by atoms with Crippen LogP contribution in [-0.4, -0.2) is 44.1 Å². The van der Waals surface area contributed by atoms with Crippen molar-refractivity contribution in [2.24, 2.45) is 0 Å². The Kier molecular flexibility index (Phi) is 5.51. The van der Waals surface area contributed by atoms with E-state index >= 15 is 0 Å². The van der Waals surface area contributed by atoms with Gasteiger partial charge in [0.15, 0.2) is 0 Å². The van der Waals surface area contributed by atoms with Crippen LogP contribution in [0, 0.1) is 0 Å². The number of halogens is 4. The van der Waals surface area contributed by atoms with Crippen molar-refractivity contribution in [2.75, 3.05) is 38.2 Å². The average Bonchev–Trinajstić information content (AvgIpc) is 2.67. The van der Waals surface area contributed by atoms with Crippen LogP contribution in [0.15, 0.2) is 42.5 Å². The first-order valence-electron chi connectivity index (χ1n) is 8.34. The van der Waals surface area contributed by atoms with Crippen LogP contribution in [0.2, 0.25) is 5.02 Å². The van der Waals surface area contributed by atoms with Crippen LogP contribution < -0.4 is 9.64 Å². The highest BCUT2D eigenvalue weighted by Crippen LogP contribution is 2.30. The predicted octanol–water partition coefficient (Wildman–Crippen LogP) is 4.33. The molecule has 1 heterocycles. The van der Waals surface area contributed by atoms with Crippen LogP contribution in [0.1, 0.15) is 15.9 Å². The van der Waals surface area contributed by atoms with Crippen LogP contribution in [0.4, 0.5) is 18.9 Å². The lowest BCUT2D eigenvalue weighted by Crippen LogP contribution is -2.48. The van der Waals surface area contributed by atoms with E-state index in [0.717, 1.165) is 17.8 Å². The van der Waals surface area contributed by atoms with Crippen molar-refractivity contribution in [2.45, 2.75) is 6.18 Å². The topological polar surface area (TPSA) is 32.8 Å². The number of rotatable bonds is 3. The maximum atomic E-state index is 12.6. The number of piperazine rings is 1. The number of anilines is 1. The van der Waals surface area contributed by atoms with E-state index in [4.69, 9.17) is 16.3 Å². The first-order valence-corrected chi connectivity index (χ1v) is 8.72. The molecule has 0 aliphatic carbocycles. The Hall–Kier alpha value is -2.41. The molecule has 0 N–H and O–H groups in total. The summed E-state index contributed by atoms with van der Waals surface area (Å²) in [4.78, 5) is 16.3. The molecule has 0 saturated carbocycles. The molecular formula is C19H18ClF3N2O2. The summed E-state index contributed by atoms with van der Waals surface area (Å²) in [6, 6.07) is 9.82. The van der Waals surface area contributed by atoms with E-state index in [1.807, 2.05) is 12.1 Å². The van der Waals surface area contributed by atoms with Crippen LogP contribution >= 0.6 is 11.6 Å². The van der Waals surface area contributed by atoms with Crippen molar-refractivity contribution in [1.29, 1.82) is 0 Å². The van der Waals surface area contributed by atoms with Crippen LogP contribution in [0.3, 0.4) is 0 Å². The van der Waals surface area contributed by atoms with Gasteiger partial charge in [0.1, 0.15) is 5.75 Å². The van der Waals surface area contributed by atoms with Gasteiger partial charge in [-0.3, -0.25) is 4.79 Å². The third kappa shape index (κ3) is 4.30. The van der Waals surface area contributed by atoms with Gasteiger partial charge in [-0.05, 0) is 42.5 Å². The maximum Gasteiger partial charge on any atom is 0.416 e. The van der Waals surface area contributed by atoms with Gasteiger partial charge >= 0.3 is 6.18 Å². The van der Waals surface area contributed by atoms with Crippen molar-refractivity contribution in [3.05, 3.63) is 58.6 Å². The maximum absolute atomic E-state index is 12.6. The number of carbonyl (C=O) groups excluding carboxylic acids is 1. The number of nitrogens with zero attached hydrogens (tertiary/aromatic N) is 2. The van der Waals surface area contributed by atoms with Crippen molar-refractivity contribution in [3.8, 4) is 5.75 Å². The smallest absolute Gasteiger partial charge is 0.416 e. The molecule has 144 valence electrons. The SMILES string of the molecule is COc1ccc(N2CCN(C(=O)c3ccc(C(F)(F)F)cc3)CC2)cc1Cl. The monoisotopic (exact) mass is 398 g/mol. The fourth-order valence-corrected chi connectivity index (χ4v) is 3.26. The van der Waals surface area contributed by atoms with Crippen molar-refractivity contribution < 1.29 is 22.7 Å². The minimum Gasteiger partial charge on any atom is -0.495 e. The minimum atomic E-state index is -4.41. The Morgan fingerprint density at radius 3 is 2.19 bits per heavy atom. The molecule has 0 bridgehead atoms. The average molecular weight is 399 g/mol. The number of alkyl halides is 3. The number of hydrogen-bond donors (Lipinski definition) is 0. The number of hydrogen-bond acceptors (Lipinski definition) is 3. The van der Waals surface area contributed by atoms with Crippen LogP contribution in [0.25, 0.3) is 0 Å². The molecule has 1 saturated heterocycles. The van der Waals surface area contributed by atoms with E-state index in [1.54, 1.807) is 18.1 Å². The van der Waals surface area contributed by atoms with Crippen LogP contribution in [-0.2, 0) is 6.18 Å². The number of ether oxygens (including phenoxy) is 1. The fraction of sp³-hybridized carbons (Fsp3) is 0.316. The summed E-state index contributed by atoms with van der Waals surface area (Å²) in [7, 11) is 1.55. The zero-order valence-corrected chi connectivity index (χ0v) is 15.3. The third-order valence-corrected chi connectivity index (χ3v) is 4.82. The second kappa shape index (κ2) is 7.68. The van der Waals surface area contributed by atoms with Gasteiger partial charge in [0, 0.05) is 37.4 Å². The summed E-state index contributed by atoms with van der Waals surface area (Å²) in [5.41, 5.74) is 0.423. The molecule has 0 unspecified atom stereocenters. The van der Waals surface area contributed by atoms with Crippen molar-refractivity contribution in [1.82, 2.24) is 4.90 Å². The van der Waals surface area contributed by atoms with E-state index in [-0.39, 0.29) is 11.5 Å². The largest absolute Gasteiger partial charge is 0.495 e. The number of methoxy groups -OCH3 is 1. The van der Waals surface area contributed by atoms with Gasteiger partial charge in [0.05, 0.1) is 17.7 Å². The fourth-order valence-electron chi connectivity index (χ4n) is 3.00. The Balaban J connectivity index is 1.63. The highest BCUT2D eigenvalue weighted by molar-refractivity contribution is 6.32. The molecule has 0 aromatic heterocycles. The summed E-state index contributed by atoms with van der Waals surface area (Å²) in [5, 5.41) is 0.512. The first kappa shape index (κ1) is 19.4. The molecule has 1 amide bonds. The summed E-state index contributed by atoms with van der Waals surface area (Å²) in [6.45, 7) is 2.16. The highest BCUT2D eigenvalue weighted by atomic mass is 35.5. The molecule has 0 spiro atoms. The molecule has 1 aliphatic heterocycles. The molecule has 3 rings (SSSR count). The molecule has 2 aromatic carbocycles. The Morgan fingerprint density at radius 2 is 1.67 bits per heavy atom. The molecule has 1 fully saturated rings. The zero-order valence-electron chi connectivity index (χ0n) is 14.6. The molecule has 0 atom stereocenters. The van der Waals surface area contributed by atoms with E-state index in [9.17, 15) is 18.0 Å². The summed E-state index contributed by atoms with van der Waals surface area (Å²) < 4.78 is 43.1. The summed E-state index contributed by atoms with van der Waals surface area (Å²) in [6.07, 6.45) is -4.41. The van der Waals surface area contributed by atoms with Gasteiger partial charge < -0.3 is 14.5 Å². The zero-order chi connectivity index (χ0) is 19.6. The van der Waals surface area contributed by atoms with E-state index in [2.05, 4.69) is 4.90 Å². The lowest BCUT2D eigenvalue weighted by atomic mass is 10.1. The minimum absolute atomic E-state index is 0.254. The number of benzene rings is 2. The quantitative estimate of drug-likeness (QED) is 0.771. The van der Waals surface area contributed by atoms with Gasteiger partial charge in [0.2, 0.25) is 0 Å². The van der Waals surface area contributed by atoms with E-state index < -0.39 is 11.7 Å². The second-order valence-electron chi connectivity index (χ2n) is 6.17. The van der Waals surface area contributed by atoms with Crippen LogP contribution in [0.5, 0.6) is 5.75 Å². The van der Waals surface area contributed by atoms with Crippen molar-refractivity contribution >= 4 is 23.2 Å². The Labute approximate surface area is 160 Å². The molecular weight excluding hydrogens is 381 g/mol. The predicted molar refractivity (Wildman–Crippen MR) is 97.6 cm³/mol. The van der Waals surface area contributed by atoms with Gasteiger partial charge in [-0.2, -0.15) is 13.2 Å². The van der Waals surface area contributed by atoms with Gasteiger partial charge in [-0.1, -0.05) is 11.6 Å². The molecule has 2 aromatic rings. The van der Waals surface area contributed by atoms with Gasteiger partial charge in [0.25, 0.3) is 5.91 Å². The lowest BCUT2D eigenvalue weighted by molar-refractivity contribution is -0.137. The third-order valence-electron chi connectivity index (χ3n) is 4.53. The second-order valence-corrected chi connectivity index (χ2v) is 6.58. The summed E-state index contributed by atoms with van der Waals surface area (Å²) >= 11 is 6.16. The highest BCUT2D eigenvalue weighted by Gasteiger charge is 2.30. The van der Waals surface area contributed by atoms with Crippen molar-refractivity contribution in [3.63, 3.8) is 0 Å². The Morgan fingerprint density at radius 1 is 1.04 bits per heavy atom. The lowest BCUT2D eigenvalue weighted by Gasteiger charge is -2.36. The van der Waals surface area contributed by atoms with Gasteiger partial charge in [-0.25, -0.2) is 0 Å². The summed E-state index contributed by atoms with van der Waals surface area (Å²) in [5.74, 6) is 0.327.